The maximum atomic E-state index is 5.45. The van der Waals surface area contributed by atoms with E-state index in [0.29, 0.717) is 6.79 Å². The van der Waals surface area contributed by atoms with Crippen molar-refractivity contribution in [2.75, 3.05) is 27.4 Å². The number of nitrogens with zero attached hydrogens (tertiary/aromatic N) is 5. The minimum atomic E-state index is 0.291. The molecule has 0 saturated carbocycles. The average Bonchev–Trinajstić information content (AvgIpc) is 3.34. The molecule has 0 bridgehead atoms. The van der Waals surface area contributed by atoms with Crippen LogP contribution >= 0.6 is 0 Å². The summed E-state index contributed by atoms with van der Waals surface area (Å²) < 4.78 is 12.8. The van der Waals surface area contributed by atoms with Crippen molar-refractivity contribution in [2.24, 2.45) is 4.99 Å². The molecule has 1 aliphatic rings. The number of fused-ring (bicyclic) bond motifs is 2. The zero-order chi connectivity index (χ0) is 19.3. The zero-order valence-corrected chi connectivity index (χ0v) is 16.1. The third-order valence-electron chi connectivity index (χ3n) is 4.67. The Hall–Kier alpha value is -3.29. The van der Waals surface area contributed by atoms with Crippen LogP contribution in [0.4, 0.5) is 0 Å². The quantitative estimate of drug-likeness (QED) is 0.401. The molecule has 0 spiro atoms. The van der Waals surface area contributed by atoms with Gasteiger partial charge in [0.15, 0.2) is 23.1 Å². The van der Waals surface area contributed by atoms with Crippen molar-refractivity contribution in [3.63, 3.8) is 0 Å². The van der Waals surface area contributed by atoms with E-state index in [1.54, 1.807) is 7.05 Å². The van der Waals surface area contributed by atoms with Crippen LogP contribution in [0.2, 0.25) is 0 Å². The summed E-state index contributed by atoms with van der Waals surface area (Å²) in [5.74, 6) is 3.43. The van der Waals surface area contributed by atoms with Gasteiger partial charge >= 0.3 is 0 Å². The van der Waals surface area contributed by atoms with Crippen LogP contribution in [0.1, 0.15) is 17.8 Å². The molecule has 2 aromatic heterocycles. The summed E-state index contributed by atoms with van der Waals surface area (Å²) in [4.78, 5) is 6.47. The van der Waals surface area contributed by atoms with Gasteiger partial charge in [0, 0.05) is 39.8 Å². The molecule has 4 rings (SSSR count). The van der Waals surface area contributed by atoms with Gasteiger partial charge in [-0.15, -0.1) is 10.2 Å². The van der Waals surface area contributed by atoms with Gasteiger partial charge in [-0.05, 0) is 36.2 Å². The SMILES string of the molecule is CN=C(NCCCc1nnc2ccccn12)N(C)Cc1ccc2c(c1)OCO2. The van der Waals surface area contributed by atoms with E-state index in [1.807, 2.05) is 54.0 Å². The number of pyridine rings is 1. The van der Waals surface area contributed by atoms with Crippen molar-refractivity contribution in [2.45, 2.75) is 19.4 Å². The van der Waals surface area contributed by atoms with Gasteiger partial charge in [0.2, 0.25) is 6.79 Å². The van der Waals surface area contributed by atoms with Crippen LogP contribution in [0, 0.1) is 0 Å². The fraction of sp³-hybridized carbons (Fsp3) is 0.350. The molecule has 1 aromatic carbocycles. The summed E-state index contributed by atoms with van der Waals surface area (Å²) in [6, 6.07) is 11.9. The predicted molar refractivity (Wildman–Crippen MR) is 107 cm³/mol. The first-order valence-electron chi connectivity index (χ1n) is 9.33. The summed E-state index contributed by atoms with van der Waals surface area (Å²) in [5.41, 5.74) is 2.02. The summed E-state index contributed by atoms with van der Waals surface area (Å²) in [6.45, 7) is 1.82. The molecule has 8 nitrogen and oxygen atoms in total. The molecule has 0 aliphatic carbocycles. The summed E-state index contributed by atoms with van der Waals surface area (Å²) in [7, 11) is 3.82. The van der Waals surface area contributed by atoms with E-state index >= 15 is 0 Å². The standard InChI is InChI=1S/C20H24N6O2/c1-21-20(25(2)13-15-8-9-16-17(12-15)28-14-27-16)22-10-5-7-19-24-23-18-6-3-4-11-26(18)19/h3-4,6,8-9,11-12H,5,7,10,13-14H2,1-2H3,(H,21,22). The van der Waals surface area contributed by atoms with E-state index < -0.39 is 0 Å². The van der Waals surface area contributed by atoms with E-state index in [0.717, 1.165) is 60.4 Å². The lowest BCUT2D eigenvalue weighted by Gasteiger charge is -2.22. The Balaban J connectivity index is 1.28. The maximum absolute atomic E-state index is 5.45. The summed E-state index contributed by atoms with van der Waals surface area (Å²) >= 11 is 0. The van der Waals surface area contributed by atoms with Crippen molar-refractivity contribution in [1.29, 1.82) is 0 Å². The molecule has 0 unspecified atom stereocenters. The summed E-state index contributed by atoms with van der Waals surface area (Å²) in [5, 5.41) is 11.9. The first-order chi connectivity index (χ1) is 13.7. The number of aromatic nitrogens is 3. The Kier molecular flexibility index (Phi) is 5.27. The maximum Gasteiger partial charge on any atom is 0.231 e. The molecule has 0 atom stereocenters. The zero-order valence-electron chi connectivity index (χ0n) is 16.1. The average molecular weight is 380 g/mol. The van der Waals surface area contributed by atoms with Crippen LogP contribution in [-0.2, 0) is 13.0 Å². The number of hydrogen-bond acceptors (Lipinski definition) is 5. The normalized spacial score (nSPS) is 13.1. The van der Waals surface area contributed by atoms with Gasteiger partial charge in [0.05, 0.1) is 0 Å². The molecule has 1 N–H and O–H groups in total. The van der Waals surface area contributed by atoms with Gasteiger partial charge in [-0.2, -0.15) is 0 Å². The first kappa shape index (κ1) is 18.1. The Morgan fingerprint density at radius 1 is 1.21 bits per heavy atom. The number of ether oxygens (including phenoxy) is 2. The van der Waals surface area contributed by atoms with Crippen molar-refractivity contribution in [3.05, 3.63) is 54.0 Å². The smallest absolute Gasteiger partial charge is 0.231 e. The van der Waals surface area contributed by atoms with E-state index in [2.05, 4.69) is 25.4 Å². The molecule has 0 fully saturated rings. The second kappa shape index (κ2) is 8.16. The summed E-state index contributed by atoms with van der Waals surface area (Å²) in [6.07, 6.45) is 3.78. The highest BCUT2D eigenvalue weighted by Gasteiger charge is 2.14. The number of rotatable bonds is 6. The number of nitrogens with one attached hydrogen (secondary N) is 1. The Bertz CT molecular complexity index is 984. The highest BCUT2D eigenvalue weighted by Crippen LogP contribution is 2.32. The molecule has 3 aromatic rings. The van der Waals surface area contributed by atoms with Crippen LogP contribution in [0.5, 0.6) is 11.5 Å². The largest absolute Gasteiger partial charge is 0.454 e. The lowest BCUT2D eigenvalue weighted by atomic mass is 10.2. The first-order valence-corrected chi connectivity index (χ1v) is 9.33. The monoisotopic (exact) mass is 380 g/mol. The minimum Gasteiger partial charge on any atom is -0.454 e. The fourth-order valence-corrected chi connectivity index (χ4v) is 3.28. The van der Waals surface area contributed by atoms with Gasteiger partial charge in [0.25, 0.3) is 0 Å². The Morgan fingerprint density at radius 2 is 2.11 bits per heavy atom. The third-order valence-corrected chi connectivity index (χ3v) is 4.67. The number of benzene rings is 1. The van der Waals surface area contributed by atoms with Crippen LogP contribution < -0.4 is 14.8 Å². The minimum absolute atomic E-state index is 0.291. The molecule has 1 aliphatic heterocycles. The molecule has 3 heterocycles. The molecule has 8 heteroatoms. The number of aliphatic imine (C=N–C) groups is 1. The molecule has 146 valence electrons. The van der Waals surface area contributed by atoms with Gasteiger partial charge in [0.1, 0.15) is 5.82 Å². The van der Waals surface area contributed by atoms with Crippen LogP contribution in [0.3, 0.4) is 0 Å². The molecule has 0 saturated heterocycles. The second-order valence-corrected chi connectivity index (χ2v) is 6.67. The third kappa shape index (κ3) is 3.85. The molecular formula is C20H24N6O2. The Labute approximate surface area is 163 Å². The highest BCUT2D eigenvalue weighted by molar-refractivity contribution is 5.79. The number of aryl methyl sites for hydroxylation is 1. The number of hydrogen-bond donors (Lipinski definition) is 1. The fourth-order valence-electron chi connectivity index (χ4n) is 3.28. The van der Waals surface area contributed by atoms with Crippen LogP contribution in [-0.4, -0.2) is 52.9 Å². The van der Waals surface area contributed by atoms with E-state index in [9.17, 15) is 0 Å². The molecular weight excluding hydrogens is 356 g/mol. The van der Waals surface area contributed by atoms with Gasteiger partial charge < -0.3 is 19.7 Å². The molecule has 0 radical (unpaired) electrons. The van der Waals surface area contributed by atoms with Crippen LogP contribution in [0.15, 0.2) is 47.6 Å². The lowest BCUT2D eigenvalue weighted by molar-refractivity contribution is 0.174. The van der Waals surface area contributed by atoms with Crippen molar-refractivity contribution in [3.8, 4) is 11.5 Å². The molecule has 0 amide bonds. The van der Waals surface area contributed by atoms with Gasteiger partial charge in [-0.1, -0.05) is 12.1 Å². The highest BCUT2D eigenvalue weighted by atomic mass is 16.7. The lowest BCUT2D eigenvalue weighted by Crippen LogP contribution is -2.39. The number of guanidine groups is 1. The van der Waals surface area contributed by atoms with E-state index in [1.165, 1.54) is 0 Å². The molecule has 28 heavy (non-hydrogen) atoms. The van der Waals surface area contributed by atoms with Crippen molar-refractivity contribution >= 4 is 11.6 Å². The second-order valence-electron chi connectivity index (χ2n) is 6.67. The van der Waals surface area contributed by atoms with Crippen molar-refractivity contribution < 1.29 is 9.47 Å². The van der Waals surface area contributed by atoms with Gasteiger partial charge in [-0.25, -0.2) is 0 Å². The topological polar surface area (TPSA) is 76.3 Å². The van der Waals surface area contributed by atoms with Crippen LogP contribution in [0.25, 0.3) is 5.65 Å². The van der Waals surface area contributed by atoms with Gasteiger partial charge in [-0.3, -0.25) is 9.39 Å². The van der Waals surface area contributed by atoms with Crippen molar-refractivity contribution in [1.82, 2.24) is 24.8 Å². The Morgan fingerprint density at radius 3 is 3.00 bits per heavy atom. The van der Waals surface area contributed by atoms with E-state index in [-0.39, 0.29) is 0 Å². The predicted octanol–water partition coefficient (Wildman–Crippen LogP) is 2.10. The van der Waals surface area contributed by atoms with E-state index in [4.69, 9.17) is 9.47 Å².